The quantitative estimate of drug-likeness (QED) is 0.413. The summed E-state index contributed by atoms with van der Waals surface area (Å²) in [7, 11) is 4.58. The second kappa shape index (κ2) is 12.4. The van der Waals surface area contributed by atoms with Crippen LogP contribution < -0.4 is 14.2 Å². The Bertz CT molecular complexity index is 876. The summed E-state index contributed by atoms with van der Waals surface area (Å²) in [6.07, 6.45) is 6.47. The average Bonchev–Trinajstić information content (AvgIpc) is 2.75. The molecule has 1 aromatic carbocycles. The van der Waals surface area contributed by atoms with Crippen molar-refractivity contribution in [3.63, 3.8) is 0 Å². The first-order chi connectivity index (χ1) is 14.0. The minimum absolute atomic E-state index is 0. The number of halogens is 1. The fourth-order valence-corrected chi connectivity index (χ4v) is 2.63. The van der Waals surface area contributed by atoms with E-state index in [4.69, 9.17) is 18.9 Å². The minimum atomic E-state index is -0.545. The monoisotopic (exact) mass is 436 g/mol. The molecule has 0 saturated heterocycles. The summed E-state index contributed by atoms with van der Waals surface area (Å²) < 4.78 is 20.9. The van der Waals surface area contributed by atoms with Crippen LogP contribution in [0.1, 0.15) is 35.1 Å². The maximum atomic E-state index is 12.3. The topological polar surface area (TPSA) is 96.8 Å². The van der Waals surface area contributed by atoms with E-state index < -0.39 is 5.97 Å². The number of carbonyl (C=O) groups is 2. The van der Waals surface area contributed by atoms with Crippen molar-refractivity contribution >= 4 is 30.2 Å². The summed E-state index contributed by atoms with van der Waals surface area (Å²) in [6.45, 7) is 1.96. The largest absolute Gasteiger partial charge is 0.493 e. The summed E-state index contributed by atoms with van der Waals surface area (Å²) in [5.74, 6) is 0.804. The van der Waals surface area contributed by atoms with Gasteiger partial charge < -0.3 is 18.9 Å². The zero-order valence-electron chi connectivity index (χ0n) is 17.3. The Morgan fingerprint density at radius 1 is 1.00 bits per heavy atom. The summed E-state index contributed by atoms with van der Waals surface area (Å²) >= 11 is 0. The molecule has 162 valence electrons. The molecule has 0 aliphatic carbocycles. The van der Waals surface area contributed by atoms with Crippen LogP contribution in [0.3, 0.4) is 0 Å². The van der Waals surface area contributed by atoms with Crippen molar-refractivity contribution in [3.05, 3.63) is 47.6 Å². The summed E-state index contributed by atoms with van der Waals surface area (Å²) in [4.78, 5) is 32.4. The molecule has 1 heterocycles. The van der Waals surface area contributed by atoms with Gasteiger partial charge >= 0.3 is 5.97 Å². The van der Waals surface area contributed by atoms with Gasteiger partial charge in [0.15, 0.2) is 23.0 Å². The molecule has 0 atom stereocenters. The van der Waals surface area contributed by atoms with Crippen molar-refractivity contribution in [2.75, 3.05) is 27.9 Å². The van der Waals surface area contributed by atoms with Gasteiger partial charge in [-0.05, 0) is 37.1 Å². The highest BCUT2D eigenvalue weighted by Gasteiger charge is 2.16. The highest BCUT2D eigenvalue weighted by Crippen LogP contribution is 2.38. The smallest absolute Gasteiger partial charge is 0.358 e. The number of esters is 1. The lowest BCUT2D eigenvalue weighted by Crippen LogP contribution is -2.12. The number of ether oxygens (including phenoxy) is 4. The maximum Gasteiger partial charge on any atom is 0.358 e. The number of aryl methyl sites for hydroxylation is 1. The Balaban J connectivity index is 0.00000450. The molecule has 0 radical (unpaired) electrons. The van der Waals surface area contributed by atoms with Gasteiger partial charge in [0.05, 0.1) is 33.6 Å². The van der Waals surface area contributed by atoms with Gasteiger partial charge in [0.2, 0.25) is 5.75 Å². The molecule has 0 aliphatic heterocycles. The number of hydrogen-bond acceptors (Lipinski definition) is 8. The number of aromatic nitrogens is 2. The van der Waals surface area contributed by atoms with Crippen molar-refractivity contribution in [1.29, 1.82) is 0 Å². The van der Waals surface area contributed by atoms with Crippen LogP contribution in [-0.2, 0) is 16.0 Å². The Kier molecular flexibility index (Phi) is 10.3. The number of carbonyl (C=O) groups excluding carboxylic acids is 2. The van der Waals surface area contributed by atoms with Crippen LogP contribution in [0, 0.1) is 0 Å². The van der Waals surface area contributed by atoms with Crippen LogP contribution in [0.4, 0.5) is 0 Å². The lowest BCUT2D eigenvalue weighted by molar-refractivity contribution is -0.114. The number of methoxy groups -OCH3 is 3. The van der Waals surface area contributed by atoms with E-state index >= 15 is 0 Å². The highest BCUT2D eigenvalue weighted by atomic mass is 35.5. The zero-order chi connectivity index (χ0) is 21.2. The molecule has 0 amide bonds. The first kappa shape index (κ1) is 24.9. The van der Waals surface area contributed by atoms with Gasteiger partial charge in [-0.15, -0.1) is 12.4 Å². The van der Waals surface area contributed by atoms with Crippen LogP contribution in [-0.4, -0.2) is 49.7 Å². The highest BCUT2D eigenvalue weighted by molar-refractivity contribution is 5.94. The number of nitrogens with zero attached hydrogens (tertiary/aromatic N) is 2. The lowest BCUT2D eigenvalue weighted by atomic mass is 10.1. The van der Waals surface area contributed by atoms with Crippen molar-refractivity contribution in [3.8, 4) is 17.2 Å². The van der Waals surface area contributed by atoms with Crippen molar-refractivity contribution in [2.24, 2.45) is 0 Å². The third-order valence-electron chi connectivity index (χ3n) is 4.00. The third-order valence-corrected chi connectivity index (χ3v) is 4.00. The molecule has 2 aromatic rings. The fraction of sp³-hybridized carbons (Fsp3) is 0.333. The van der Waals surface area contributed by atoms with Gasteiger partial charge in [0.1, 0.15) is 0 Å². The predicted molar refractivity (Wildman–Crippen MR) is 114 cm³/mol. The molecule has 8 nitrogen and oxygen atoms in total. The number of benzene rings is 1. The number of ketones is 1. The van der Waals surface area contributed by atoms with E-state index in [1.165, 1.54) is 39.8 Å². The van der Waals surface area contributed by atoms with Gasteiger partial charge in [-0.2, -0.15) is 0 Å². The first-order valence-electron chi connectivity index (χ1n) is 9.01. The molecule has 0 saturated carbocycles. The van der Waals surface area contributed by atoms with Gasteiger partial charge in [-0.25, -0.2) is 9.78 Å². The Labute approximate surface area is 181 Å². The maximum absolute atomic E-state index is 12.3. The lowest BCUT2D eigenvalue weighted by Gasteiger charge is -2.12. The van der Waals surface area contributed by atoms with E-state index in [0.29, 0.717) is 22.9 Å². The Hall–Kier alpha value is -3.13. The van der Waals surface area contributed by atoms with Crippen LogP contribution in [0.15, 0.2) is 30.6 Å². The van der Waals surface area contributed by atoms with E-state index in [2.05, 4.69) is 9.97 Å². The number of hydrogen-bond donors (Lipinski definition) is 0. The molecular weight excluding hydrogens is 412 g/mol. The SMILES string of the molecule is CCOC(=O)c1nccnc1CCC(=O)C=Cc1cc(OC)c(OC)c(OC)c1.Cl. The van der Waals surface area contributed by atoms with E-state index in [1.54, 1.807) is 25.1 Å². The summed E-state index contributed by atoms with van der Waals surface area (Å²) in [5, 5.41) is 0. The van der Waals surface area contributed by atoms with Gasteiger partial charge in [-0.3, -0.25) is 9.78 Å². The molecule has 2 rings (SSSR count). The second-order valence-electron chi connectivity index (χ2n) is 5.83. The van der Waals surface area contributed by atoms with Gasteiger partial charge in [0.25, 0.3) is 0 Å². The second-order valence-corrected chi connectivity index (χ2v) is 5.83. The summed E-state index contributed by atoms with van der Waals surface area (Å²) in [5.41, 5.74) is 1.29. The molecule has 30 heavy (non-hydrogen) atoms. The van der Waals surface area contributed by atoms with Crippen LogP contribution >= 0.6 is 12.4 Å². The Morgan fingerprint density at radius 2 is 1.63 bits per heavy atom. The van der Waals surface area contributed by atoms with E-state index in [0.717, 1.165) is 5.56 Å². The molecule has 0 fully saturated rings. The number of allylic oxidation sites excluding steroid dienone is 1. The Morgan fingerprint density at radius 3 is 2.20 bits per heavy atom. The predicted octanol–water partition coefficient (Wildman–Crippen LogP) is 3.32. The molecule has 0 aliphatic rings. The normalized spacial score (nSPS) is 10.3. The molecule has 0 bridgehead atoms. The van der Waals surface area contributed by atoms with Gasteiger partial charge in [0, 0.05) is 18.8 Å². The summed E-state index contributed by atoms with van der Waals surface area (Å²) in [6, 6.07) is 3.49. The molecular formula is C21H25ClN2O6. The van der Waals surface area contributed by atoms with Crippen molar-refractivity contribution < 1.29 is 28.5 Å². The minimum Gasteiger partial charge on any atom is -0.493 e. The molecule has 0 unspecified atom stereocenters. The van der Waals surface area contributed by atoms with Crippen LogP contribution in [0.25, 0.3) is 6.08 Å². The van der Waals surface area contributed by atoms with E-state index in [-0.39, 0.29) is 43.3 Å². The average molecular weight is 437 g/mol. The van der Waals surface area contributed by atoms with E-state index in [1.807, 2.05) is 0 Å². The molecule has 0 spiro atoms. The standard InChI is InChI=1S/C21H24N2O6.ClH/c1-5-29-21(25)19-16(22-10-11-23-19)9-8-15(24)7-6-14-12-17(26-2)20(28-4)18(13-14)27-3;/h6-7,10-13H,5,8-9H2,1-4H3;1H. The van der Waals surface area contributed by atoms with E-state index in [9.17, 15) is 9.59 Å². The number of rotatable bonds is 10. The molecule has 1 aromatic heterocycles. The zero-order valence-corrected chi connectivity index (χ0v) is 18.2. The third kappa shape index (κ3) is 6.45. The van der Waals surface area contributed by atoms with Crippen LogP contribution in [0.5, 0.6) is 17.2 Å². The van der Waals surface area contributed by atoms with Gasteiger partial charge in [-0.1, -0.05) is 6.08 Å². The van der Waals surface area contributed by atoms with Crippen molar-refractivity contribution in [2.45, 2.75) is 19.8 Å². The molecule has 9 heteroatoms. The fourth-order valence-electron chi connectivity index (χ4n) is 2.63. The molecule has 0 N–H and O–H groups in total. The van der Waals surface area contributed by atoms with Crippen LogP contribution in [0.2, 0.25) is 0 Å². The van der Waals surface area contributed by atoms with Crippen molar-refractivity contribution in [1.82, 2.24) is 9.97 Å². The first-order valence-corrected chi connectivity index (χ1v) is 9.01.